The number of nitrogens with zero attached hydrogens (tertiary/aromatic N) is 4. The molecular weight excluding hydrogens is 391 g/mol. The molecular formula is C25H23FN4O. The molecule has 0 amide bonds. The van der Waals surface area contributed by atoms with Crippen LogP contribution in [-0.2, 0) is 0 Å². The summed E-state index contributed by atoms with van der Waals surface area (Å²) in [5.74, 6) is 1.34. The highest BCUT2D eigenvalue weighted by atomic mass is 19.1. The van der Waals surface area contributed by atoms with Crippen molar-refractivity contribution in [1.82, 2.24) is 9.97 Å². The molecule has 156 valence electrons. The fourth-order valence-electron chi connectivity index (χ4n) is 4.08. The summed E-state index contributed by atoms with van der Waals surface area (Å²) < 4.78 is 13.3. The summed E-state index contributed by atoms with van der Waals surface area (Å²) in [6, 6.07) is 20.0. The first-order chi connectivity index (χ1) is 15.1. The van der Waals surface area contributed by atoms with Gasteiger partial charge in [0, 0.05) is 37.3 Å². The smallest absolute Gasteiger partial charge is 0.165 e. The standard InChI is InChI=1S/C25H23FN4O/c1-17-6-11-20-22(16-17)27-24(21-4-2-3-5-23(21)31)28-25(20)30-14-12-29(13-15-30)19-9-7-18(26)8-10-19/h2-11,16,31H,12-15H2,1H3. The monoisotopic (exact) mass is 414 g/mol. The van der Waals surface area contributed by atoms with Crippen molar-refractivity contribution in [3.8, 4) is 17.1 Å². The van der Waals surface area contributed by atoms with Gasteiger partial charge in [0.25, 0.3) is 0 Å². The number of aromatic hydroxyl groups is 1. The quantitative estimate of drug-likeness (QED) is 0.523. The second-order valence-corrected chi connectivity index (χ2v) is 7.86. The van der Waals surface area contributed by atoms with E-state index in [0.717, 1.165) is 54.2 Å². The number of fused-ring (bicyclic) bond motifs is 1. The molecule has 0 saturated carbocycles. The Bertz CT molecular complexity index is 1230. The highest BCUT2D eigenvalue weighted by molar-refractivity contribution is 5.92. The molecule has 1 fully saturated rings. The second kappa shape index (κ2) is 7.87. The maximum absolute atomic E-state index is 13.3. The summed E-state index contributed by atoms with van der Waals surface area (Å²) in [4.78, 5) is 14.2. The second-order valence-electron chi connectivity index (χ2n) is 7.86. The van der Waals surface area contributed by atoms with E-state index in [1.54, 1.807) is 12.1 Å². The molecule has 0 atom stereocenters. The predicted molar refractivity (Wildman–Crippen MR) is 122 cm³/mol. The molecule has 5 rings (SSSR count). The molecule has 1 saturated heterocycles. The molecule has 0 aliphatic carbocycles. The number of hydrogen-bond acceptors (Lipinski definition) is 5. The van der Waals surface area contributed by atoms with Crippen LogP contribution in [0.1, 0.15) is 5.56 Å². The van der Waals surface area contributed by atoms with Crippen molar-refractivity contribution >= 4 is 22.4 Å². The Balaban J connectivity index is 1.50. The summed E-state index contributed by atoms with van der Waals surface area (Å²) in [6.45, 7) is 5.25. The van der Waals surface area contributed by atoms with E-state index in [1.807, 2.05) is 31.2 Å². The van der Waals surface area contributed by atoms with Gasteiger partial charge >= 0.3 is 0 Å². The van der Waals surface area contributed by atoms with Gasteiger partial charge in [-0.15, -0.1) is 0 Å². The average Bonchev–Trinajstić information content (AvgIpc) is 2.79. The summed E-state index contributed by atoms with van der Waals surface area (Å²) >= 11 is 0. The molecule has 1 N–H and O–H groups in total. The molecule has 31 heavy (non-hydrogen) atoms. The minimum atomic E-state index is -0.221. The predicted octanol–water partition coefficient (Wildman–Crippen LogP) is 4.78. The Kier molecular flexibility index (Phi) is 4.90. The molecule has 1 aromatic heterocycles. The van der Waals surface area contributed by atoms with Crippen molar-refractivity contribution in [1.29, 1.82) is 0 Å². The first-order valence-corrected chi connectivity index (χ1v) is 10.4. The largest absolute Gasteiger partial charge is 0.507 e. The highest BCUT2D eigenvalue weighted by Gasteiger charge is 2.22. The van der Waals surface area contributed by atoms with Crippen LogP contribution in [0.15, 0.2) is 66.7 Å². The summed E-state index contributed by atoms with van der Waals surface area (Å²) in [5, 5.41) is 11.3. The Morgan fingerprint density at radius 3 is 2.29 bits per heavy atom. The fraction of sp³-hybridized carbons (Fsp3) is 0.200. The molecule has 0 bridgehead atoms. The minimum Gasteiger partial charge on any atom is -0.507 e. The SMILES string of the molecule is Cc1ccc2c(N3CCN(c4ccc(F)cc4)CC3)nc(-c3ccccc3O)nc2c1. The van der Waals surface area contributed by atoms with Crippen molar-refractivity contribution in [3.63, 3.8) is 0 Å². The van der Waals surface area contributed by atoms with Gasteiger partial charge in [-0.25, -0.2) is 14.4 Å². The number of aryl methyl sites for hydroxylation is 1. The van der Waals surface area contributed by atoms with Crippen molar-refractivity contribution in [3.05, 3.63) is 78.1 Å². The van der Waals surface area contributed by atoms with E-state index in [-0.39, 0.29) is 11.6 Å². The zero-order valence-electron chi connectivity index (χ0n) is 17.3. The van der Waals surface area contributed by atoms with E-state index >= 15 is 0 Å². The molecule has 4 aromatic rings. The number of halogens is 1. The molecule has 5 nitrogen and oxygen atoms in total. The topological polar surface area (TPSA) is 52.5 Å². The molecule has 3 aromatic carbocycles. The normalized spacial score (nSPS) is 14.3. The van der Waals surface area contributed by atoms with Gasteiger partial charge in [0.2, 0.25) is 0 Å². The van der Waals surface area contributed by atoms with Gasteiger partial charge in [-0.1, -0.05) is 18.2 Å². The Labute approximate surface area is 180 Å². The number of phenols is 1. The fourth-order valence-corrected chi connectivity index (χ4v) is 4.08. The third-order valence-electron chi connectivity index (χ3n) is 5.75. The number of para-hydroxylation sites is 1. The van der Waals surface area contributed by atoms with Gasteiger partial charge in [0.05, 0.1) is 11.1 Å². The summed E-state index contributed by atoms with van der Waals surface area (Å²) in [7, 11) is 0. The van der Waals surface area contributed by atoms with Gasteiger partial charge in [-0.2, -0.15) is 0 Å². The summed E-state index contributed by atoms with van der Waals surface area (Å²) in [5.41, 5.74) is 3.64. The van der Waals surface area contributed by atoms with E-state index < -0.39 is 0 Å². The van der Waals surface area contributed by atoms with E-state index in [1.165, 1.54) is 12.1 Å². The average molecular weight is 414 g/mol. The zero-order chi connectivity index (χ0) is 21.4. The number of phenolic OH excluding ortho intramolecular Hbond substituents is 1. The number of anilines is 2. The Morgan fingerprint density at radius 1 is 0.839 bits per heavy atom. The minimum absolute atomic E-state index is 0.168. The number of aromatic nitrogens is 2. The van der Waals surface area contributed by atoms with Crippen LogP contribution in [0, 0.1) is 12.7 Å². The van der Waals surface area contributed by atoms with Crippen LogP contribution in [0.25, 0.3) is 22.3 Å². The van der Waals surface area contributed by atoms with Gasteiger partial charge in [-0.05, 0) is 61.0 Å². The first kappa shape index (κ1) is 19.3. The number of benzene rings is 3. The lowest BCUT2D eigenvalue weighted by atomic mass is 10.1. The molecule has 1 aliphatic heterocycles. The molecule has 0 radical (unpaired) electrons. The number of hydrogen-bond donors (Lipinski definition) is 1. The van der Waals surface area contributed by atoms with Gasteiger partial charge in [-0.3, -0.25) is 0 Å². The lowest BCUT2D eigenvalue weighted by molar-refractivity contribution is 0.477. The molecule has 0 unspecified atom stereocenters. The molecule has 1 aliphatic rings. The lowest BCUT2D eigenvalue weighted by Gasteiger charge is -2.37. The van der Waals surface area contributed by atoms with Crippen molar-refractivity contribution in [2.75, 3.05) is 36.0 Å². The molecule has 0 spiro atoms. The van der Waals surface area contributed by atoms with Gasteiger partial charge < -0.3 is 14.9 Å². The molecule has 2 heterocycles. The summed E-state index contributed by atoms with van der Waals surface area (Å²) in [6.07, 6.45) is 0. The Hall–Kier alpha value is -3.67. The van der Waals surface area contributed by atoms with Crippen LogP contribution >= 0.6 is 0 Å². The van der Waals surface area contributed by atoms with E-state index in [4.69, 9.17) is 9.97 Å². The lowest BCUT2D eigenvalue weighted by Crippen LogP contribution is -2.47. The van der Waals surface area contributed by atoms with E-state index in [2.05, 4.69) is 28.0 Å². The third-order valence-corrected chi connectivity index (χ3v) is 5.75. The Morgan fingerprint density at radius 2 is 1.55 bits per heavy atom. The van der Waals surface area contributed by atoms with Gasteiger partial charge in [0.15, 0.2) is 5.82 Å². The van der Waals surface area contributed by atoms with Gasteiger partial charge in [0.1, 0.15) is 17.4 Å². The van der Waals surface area contributed by atoms with Crippen molar-refractivity contribution in [2.45, 2.75) is 6.92 Å². The third kappa shape index (κ3) is 3.77. The van der Waals surface area contributed by atoms with Crippen LogP contribution in [0.2, 0.25) is 0 Å². The van der Waals surface area contributed by atoms with Crippen LogP contribution in [-0.4, -0.2) is 41.3 Å². The van der Waals surface area contributed by atoms with E-state index in [0.29, 0.717) is 11.4 Å². The van der Waals surface area contributed by atoms with Crippen LogP contribution < -0.4 is 9.80 Å². The zero-order valence-corrected chi connectivity index (χ0v) is 17.3. The van der Waals surface area contributed by atoms with E-state index in [9.17, 15) is 9.50 Å². The molecule has 6 heteroatoms. The maximum atomic E-state index is 13.3. The maximum Gasteiger partial charge on any atom is 0.165 e. The number of piperazine rings is 1. The first-order valence-electron chi connectivity index (χ1n) is 10.4. The number of rotatable bonds is 3. The highest BCUT2D eigenvalue weighted by Crippen LogP contribution is 2.32. The van der Waals surface area contributed by atoms with Crippen molar-refractivity contribution < 1.29 is 9.50 Å². The van der Waals surface area contributed by atoms with Crippen LogP contribution in [0.4, 0.5) is 15.9 Å². The van der Waals surface area contributed by atoms with Crippen LogP contribution in [0.3, 0.4) is 0 Å². The van der Waals surface area contributed by atoms with Crippen molar-refractivity contribution in [2.24, 2.45) is 0 Å². The van der Waals surface area contributed by atoms with Crippen LogP contribution in [0.5, 0.6) is 5.75 Å².